The Morgan fingerprint density at radius 2 is 0.942 bits per heavy atom. The van der Waals surface area contributed by atoms with Gasteiger partial charge in [-0.15, -0.1) is 0 Å². The number of hydrogen-bond donors (Lipinski definition) is 2. The molecule has 9 aromatic rings. The first-order valence-electron chi connectivity index (χ1n) is 33.4. The highest BCUT2D eigenvalue weighted by Crippen LogP contribution is 2.57. The molecular weight excluding hydrogens is 1390 g/mol. The lowest BCUT2D eigenvalue weighted by atomic mass is 9.77. The smallest absolute Gasteiger partial charge is 0.478 e. The number of esters is 1. The summed E-state index contributed by atoms with van der Waals surface area (Å²) in [7, 11) is -13.4. The second kappa shape index (κ2) is 32.7. The van der Waals surface area contributed by atoms with Crippen LogP contribution in [0.2, 0.25) is 0 Å². The lowest BCUT2D eigenvalue weighted by Crippen LogP contribution is -2.34. The number of sulfonamides is 2. The van der Waals surface area contributed by atoms with Crippen molar-refractivity contribution < 1.29 is 76.9 Å². The van der Waals surface area contributed by atoms with Crippen molar-refractivity contribution in [1.29, 1.82) is 0 Å². The van der Waals surface area contributed by atoms with E-state index in [1.165, 1.54) is 22.3 Å². The minimum atomic E-state index is -6.72. The van der Waals surface area contributed by atoms with Gasteiger partial charge in [0.1, 0.15) is 35.9 Å². The maximum atomic E-state index is 13.4. The van der Waals surface area contributed by atoms with Gasteiger partial charge in [-0.25, -0.2) is 31.0 Å². The van der Waals surface area contributed by atoms with Crippen molar-refractivity contribution in [2.24, 2.45) is 0 Å². The number of nitrogens with zero attached hydrogens (tertiary/aromatic N) is 5. The number of halogens is 6. The van der Waals surface area contributed by atoms with Crippen LogP contribution in [0.15, 0.2) is 247 Å². The largest absolute Gasteiger partial charge is 0.480 e. The number of carbonyl (C=O) groups is 2. The van der Waals surface area contributed by atoms with Crippen LogP contribution in [-0.2, 0) is 56.6 Å². The van der Waals surface area contributed by atoms with E-state index in [4.69, 9.17) is 19.0 Å². The molecule has 13 rings (SSSR count). The Labute approximate surface area is 599 Å². The molecule has 0 bridgehead atoms. The lowest BCUT2D eigenvalue weighted by Gasteiger charge is -2.38. The van der Waals surface area contributed by atoms with E-state index in [-0.39, 0.29) is 18.1 Å². The van der Waals surface area contributed by atoms with Crippen molar-refractivity contribution >= 4 is 60.0 Å². The molecule has 0 saturated carbocycles. The monoisotopic (exact) mass is 1460 g/mol. The zero-order valence-corrected chi connectivity index (χ0v) is 59.0. The molecule has 0 saturated heterocycles. The average molecular weight is 1460 g/mol. The molecule has 2 N–H and O–H groups in total. The van der Waals surface area contributed by atoms with Gasteiger partial charge >= 0.3 is 23.0 Å². The number of aliphatic hydroxyl groups excluding tert-OH is 1. The van der Waals surface area contributed by atoms with E-state index < -0.39 is 42.6 Å². The maximum absolute atomic E-state index is 13.4. The first-order chi connectivity index (χ1) is 49.8. The highest BCUT2D eigenvalue weighted by molar-refractivity contribution is 8.13. The van der Waals surface area contributed by atoms with E-state index >= 15 is 0 Å². The van der Waals surface area contributed by atoms with Crippen LogP contribution in [0.3, 0.4) is 0 Å². The van der Waals surface area contributed by atoms with E-state index in [1.54, 1.807) is 19.1 Å². The molecule has 0 aromatic heterocycles. The third kappa shape index (κ3) is 16.8. The van der Waals surface area contributed by atoms with Crippen LogP contribution in [0.25, 0.3) is 37.5 Å². The quantitative estimate of drug-likeness (QED) is 0.0335. The molecule has 24 heteroatoms. The normalized spacial score (nSPS) is 13.6. The maximum Gasteiger partial charge on any atom is 0.480 e. The average Bonchev–Trinajstić information content (AvgIpc) is 1.49. The van der Waals surface area contributed by atoms with Crippen LogP contribution in [-0.4, -0.2) is 82.8 Å². The van der Waals surface area contributed by atoms with Crippen molar-refractivity contribution in [3.8, 4) is 33.9 Å². The van der Waals surface area contributed by atoms with E-state index in [9.17, 15) is 57.9 Å². The van der Waals surface area contributed by atoms with Gasteiger partial charge in [-0.05, 0) is 129 Å². The number of rotatable bonds is 19. The standard InChI is InChI=1S/2C38H34N2O3.C2F6NO4S2.C2H6O/c1-3-39(4-2)30-19-21-33-36(24-30)42-35-22-20-29(23-34(35)38(33)32-18-12-11-17-31(32)37(41)43-38)40(25-27-13-7-5-8-14-27)26-28-15-9-6-10-16-28;1-3-39(4-2)30-19-21-33-36(24-30)43-35-22-20-29(23-34(35)37(33)31-17-11-12-18-32(31)38(41)42)40(25-27-13-7-5-8-14-27)26-28-15-9-6-10-16-28;3-1(4,5)14(10,11)9-15(12,13)2(6,7)8;1-2-3/h2*5-24H,3-4,25-26H2,1-2H3;;3H,2H2,1H3/q;;-1;/p+1. The molecule has 3 aliphatic heterocycles. The SMILES string of the molecule is CCN(CC)c1ccc2c(c1)Oc1ccc(N(Cc3ccccc3)Cc3ccccc3)cc1C21OC(=O)c2ccccc21.CCO.CC[N+](CC)=c1ccc2c(-c3ccccc3C(=O)O)c3cc(N(Cc4ccccc4)Cc4ccccc4)ccc3oc-2c1.O=S(=O)([N-]S(=O)(=O)C(F)(F)F)C(F)(F)F. The summed E-state index contributed by atoms with van der Waals surface area (Å²) < 4.78 is 131. The number of carboxylic acids is 1. The minimum absolute atomic E-state index is 0.250. The minimum Gasteiger partial charge on any atom is -0.478 e. The number of alkyl halides is 6. The molecule has 1 spiro atoms. The Morgan fingerprint density at radius 3 is 1.43 bits per heavy atom. The summed E-state index contributed by atoms with van der Waals surface area (Å²) in [4.78, 5) is 32.9. The highest BCUT2D eigenvalue weighted by atomic mass is 32.3. The van der Waals surface area contributed by atoms with Crippen LogP contribution in [0.4, 0.5) is 43.4 Å². The van der Waals surface area contributed by atoms with Gasteiger partial charge in [0.15, 0.2) is 25.6 Å². The summed E-state index contributed by atoms with van der Waals surface area (Å²) in [6, 6.07) is 81.9. The summed E-state index contributed by atoms with van der Waals surface area (Å²) in [5, 5.41) is 19.7. The van der Waals surface area contributed by atoms with Gasteiger partial charge < -0.3 is 42.9 Å². The van der Waals surface area contributed by atoms with Crippen molar-refractivity contribution in [3.63, 3.8) is 0 Å². The molecule has 0 amide bonds. The molecule has 104 heavy (non-hydrogen) atoms. The molecule has 1 unspecified atom stereocenters. The number of benzene rings is 10. The number of carbonyl (C=O) groups excluding carboxylic acids is 1. The molecule has 16 nitrogen and oxygen atoms in total. The number of hydrogen-bond acceptors (Lipinski definition) is 13. The molecule has 1 atom stereocenters. The van der Waals surface area contributed by atoms with Gasteiger partial charge in [0.25, 0.3) is 0 Å². The number of aromatic carboxylic acids is 1. The van der Waals surface area contributed by atoms with Crippen LogP contribution >= 0.6 is 0 Å². The third-order valence-corrected chi connectivity index (χ3v) is 20.2. The molecule has 0 radical (unpaired) electrons. The predicted molar refractivity (Wildman–Crippen MR) is 391 cm³/mol. The molecular formula is C80H75F6N5O11S2. The number of anilines is 3. The number of carboxylic acid groups (broad SMARTS) is 1. The third-order valence-electron chi connectivity index (χ3n) is 17.4. The van der Waals surface area contributed by atoms with Gasteiger partial charge in [0.2, 0.25) is 5.36 Å². The predicted octanol–water partition coefficient (Wildman–Crippen LogP) is 17.3. The topological polar surface area (TPSA) is 201 Å². The molecule has 1 aliphatic carbocycles. The Balaban J connectivity index is 0.000000182. The van der Waals surface area contributed by atoms with Gasteiger partial charge in [0.05, 0.1) is 17.2 Å². The van der Waals surface area contributed by atoms with E-state index in [1.807, 2.05) is 72.8 Å². The Bertz CT molecular complexity index is 4980. The van der Waals surface area contributed by atoms with Crippen molar-refractivity contribution in [2.75, 3.05) is 47.5 Å². The van der Waals surface area contributed by atoms with Crippen molar-refractivity contribution in [3.05, 3.63) is 302 Å². The molecule has 0 fully saturated rings. The van der Waals surface area contributed by atoms with Crippen LogP contribution in [0, 0.1) is 0 Å². The fourth-order valence-electron chi connectivity index (χ4n) is 12.6. The van der Waals surface area contributed by atoms with E-state index in [0.717, 1.165) is 118 Å². The van der Waals surface area contributed by atoms with Crippen LogP contribution in [0.1, 0.15) is 94.3 Å². The van der Waals surface area contributed by atoms with E-state index in [2.05, 4.69) is 205 Å². The lowest BCUT2D eigenvalue weighted by molar-refractivity contribution is -0.0444. The zero-order chi connectivity index (χ0) is 74.6. The van der Waals surface area contributed by atoms with Crippen molar-refractivity contribution in [1.82, 2.24) is 4.58 Å². The number of fused-ring (bicyclic) bond motifs is 8. The summed E-state index contributed by atoms with van der Waals surface area (Å²) in [5.41, 5.74) is 0.961. The zero-order valence-electron chi connectivity index (χ0n) is 57.3. The van der Waals surface area contributed by atoms with Crippen LogP contribution in [0.5, 0.6) is 11.5 Å². The fraction of sp³-hybridized carbons (Fsp3) is 0.212. The summed E-state index contributed by atoms with van der Waals surface area (Å²) >= 11 is 0. The Hall–Kier alpha value is -10.8. The molecule has 9 aromatic carbocycles. The Morgan fingerprint density at radius 1 is 0.490 bits per heavy atom. The molecule has 4 aliphatic rings. The summed E-state index contributed by atoms with van der Waals surface area (Å²) in [6.07, 6.45) is 0. The molecule has 540 valence electrons. The molecule has 3 heterocycles. The second-order valence-corrected chi connectivity index (χ2v) is 27.4. The van der Waals surface area contributed by atoms with Gasteiger partial charge in [-0.1, -0.05) is 158 Å². The van der Waals surface area contributed by atoms with Gasteiger partial charge in [0, 0.05) is 108 Å². The Kier molecular flexibility index (Phi) is 23.8. The second-order valence-electron chi connectivity index (χ2n) is 24.0. The van der Waals surface area contributed by atoms with E-state index in [0.29, 0.717) is 28.2 Å². The van der Waals surface area contributed by atoms with Gasteiger partial charge in [-0.2, -0.15) is 26.3 Å². The summed E-state index contributed by atoms with van der Waals surface area (Å²) in [5.74, 6) is 0.850. The summed E-state index contributed by atoms with van der Waals surface area (Å²) in [6.45, 7) is 16.9. The highest BCUT2D eigenvalue weighted by Gasteiger charge is 2.54. The first kappa shape index (κ1) is 75.9. The van der Waals surface area contributed by atoms with Crippen LogP contribution < -0.4 is 29.4 Å². The van der Waals surface area contributed by atoms with Gasteiger partial charge in [-0.3, -0.25) is 0 Å². The number of aliphatic hydroxyl groups is 1. The van der Waals surface area contributed by atoms with Crippen molar-refractivity contribution in [2.45, 2.75) is 77.4 Å². The fourth-order valence-corrected chi connectivity index (χ4v) is 14.3. The number of ether oxygens (including phenoxy) is 2. The first-order valence-corrected chi connectivity index (χ1v) is 36.3.